The maximum absolute atomic E-state index is 12.1. The standard InChI is InChI=1S/C10H14Br2N2O3S2/c1-2-18(15)4-3-14-19(16,17)10-8(11)5-7(13)6-9(10)12/h5-6,14H,2-4,13H2,1H3. The fourth-order valence-electron chi connectivity index (χ4n) is 1.34. The monoisotopic (exact) mass is 432 g/mol. The Kier molecular flexibility index (Phi) is 6.44. The molecule has 0 aliphatic carbocycles. The number of rotatable bonds is 6. The van der Waals surface area contributed by atoms with Crippen molar-refractivity contribution in [3.05, 3.63) is 21.1 Å². The Morgan fingerprint density at radius 1 is 1.32 bits per heavy atom. The molecule has 0 amide bonds. The van der Waals surface area contributed by atoms with Crippen molar-refractivity contribution < 1.29 is 12.6 Å². The van der Waals surface area contributed by atoms with Gasteiger partial charge in [-0.3, -0.25) is 4.21 Å². The maximum atomic E-state index is 12.1. The van der Waals surface area contributed by atoms with E-state index in [2.05, 4.69) is 36.6 Å². The fraction of sp³-hybridized carbons (Fsp3) is 0.400. The summed E-state index contributed by atoms with van der Waals surface area (Å²) in [5.41, 5.74) is 6.06. The summed E-state index contributed by atoms with van der Waals surface area (Å²) in [7, 11) is -4.68. The topological polar surface area (TPSA) is 89.3 Å². The maximum Gasteiger partial charge on any atom is 0.242 e. The van der Waals surface area contributed by atoms with E-state index in [0.717, 1.165) is 0 Å². The number of halogens is 2. The van der Waals surface area contributed by atoms with Gasteiger partial charge in [-0.2, -0.15) is 0 Å². The van der Waals surface area contributed by atoms with Gasteiger partial charge in [0.25, 0.3) is 0 Å². The quantitative estimate of drug-likeness (QED) is 0.669. The minimum atomic E-state index is -3.68. The molecule has 1 atom stereocenters. The zero-order valence-corrected chi connectivity index (χ0v) is 15.0. The second kappa shape index (κ2) is 7.16. The molecule has 3 N–H and O–H groups in total. The average molecular weight is 434 g/mol. The molecule has 19 heavy (non-hydrogen) atoms. The summed E-state index contributed by atoms with van der Waals surface area (Å²) in [5.74, 6) is 0.803. The summed E-state index contributed by atoms with van der Waals surface area (Å²) in [6.45, 7) is 1.92. The van der Waals surface area contributed by atoms with E-state index in [9.17, 15) is 12.6 Å². The van der Waals surface area contributed by atoms with Gasteiger partial charge in [-0.25, -0.2) is 13.1 Å². The third-order valence-electron chi connectivity index (χ3n) is 2.23. The molecular weight excluding hydrogens is 420 g/mol. The second-order valence-electron chi connectivity index (χ2n) is 3.64. The van der Waals surface area contributed by atoms with Gasteiger partial charge >= 0.3 is 0 Å². The number of nitrogen functional groups attached to an aromatic ring is 1. The third kappa shape index (κ3) is 4.82. The molecule has 0 saturated carbocycles. The zero-order valence-electron chi connectivity index (χ0n) is 10.2. The van der Waals surface area contributed by atoms with Gasteiger partial charge in [0.1, 0.15) is 4.90 Å². The lowest BCUT2D eigenvalue weighted by molar-refractivity contribution is 0.583. The molecule has 1 unspecified atom stereocenters. The van der Waals surface area contributed by atoms with E-state index in [-0.39, 0.29) is 11.4 Å². The lowest BCUT2D eigenvalue weighted by Gasteiger charge is -2.11. The number of nitrogens with one attached hydrogen (secondary N) is 1. The Balaban J connectivity index is 2.92. The van der Waals surface area contributed by atoms with Gasteiger partial charge in [0, 0.05) is 43.5 Å². The molecule has 1 rings (SSSR count). The van der Waals surface area contributed by atoms with Crippen molar-refractivity contribution in [2.24, 2.45) is 0 Å². The van der Waals surface area contributed by atoms with Crippen molar-refractivity contribution in [3.8, 4) is 0 Å². The minimum absolute atomic E-state index is 0.0870. The van der Waals surface area contributed by atoms with Crippen LogP contribution < -0.4 is 10.5 Å². The number of hydrogen-bond acceptors (Lipinski definition) is 4. The Bertz CT molecular complexity index is 567. The van der Waals surface area contributed by atoms with Gasteiger partial charge in [0.2, 0.25) is 10.0 Å². The van der Waals surface area contributed by atoms with Crippen LogP contribution in [-0.2, 0) is 20.8 Å². The van der Waals surface area contributed by atoms with Crippen LogP contribution in [0.25, 0.3) is 0 Å². The molecule has 0 aliphatic heterocycles. The van der Waals surface area contributed by atoms with Crippen LogP contribution >= 0.6 is 31.9 Å². The Morgan fingerprint density at radius 3 is 2.32 bits per heavy atom. The minimum Gasteiger partial charge on any atom is -0.399 e. The number of nitrogens with two attached hydrogens (primary N) is 1. The third-order valence-corrected chi connectivity index (χ3v) is 6.87. The Labute approximate surface area is 132 Å². The highest BCUT2D eigenvalue weighted by Gasteiger charge is 2.21. The highest BCUT2D eigenvalue weighted by molar-refractivity contribution is 9.11. The van der Waals surface area contributed by atoms with E-state index in [1.54, 1.807) is 6.92 Å². The van der Waals surface area contributed by atoms with E-state index in [1.165, 1.54) is 12.1 Å². The van der Waals surface area contributed by atoms with Gasteiger partial charge in [-0.05, 0) is 44.0 Å². The lowest BCUT2D eigenvalue weighted by Crippen LogP contribution is -2.28. The molecule has 1 aromatic carbocycles. The van der Waals surface area contributed by atoms with E-state index in [1.807, 2.05) is 0 Å². The van der Waals surface area contributed by atoms with Crippen LogP contribution in [0.1, 0.15) is 6.92 Å². The summed E-state index contributed by atoms with van der Waals surface area (Å²) < 4.78 is 38.7. The normalized spacial score (nSPS) is 13.4. The molecule has 0 aliphatic rings. The fourth-order valence-corrected chi connectivity index (χ4v) is 5.74. The summed E-state index contributed by atoms with van der Waals surface area (Å²) in [5, 5.41) is 0. The molecule has 1 aromatic rings. The smallest absolute Gasteiger partial charge is 0.242 e. The molecule has 0 bridgehead atoms. The molecule has 0 saturated heterocycles. The van der Waals surface area contributed by atoms with Crippen molar-refractivity contribution in [3.63, 3.8) is 0 Å². The molecule has 0 aromatic heterocycles. The van der Waals surface area contributed by atoms with Crippen LogP contribution in [0.2, 0.25) is 0 Å². The summed E-state index contributed by atoms with van der Waals surface area (Å²) in [6.07, 6.45) is 0. The van der Waals surface area contributed by atoms with Crippen LogP contribution in [0.5, 0.6) is 0 Å². The average Bonchev–Trinajstić information content (AvgIpc) is 2.26. The second-order valence-corrected chi connectivity index (χ2v) is 8.92. The van der Waals surface area contributed by atoms with Crippen molar-refractivity contribution in [1.29, 1.82) is 0 Å². The summed E-state index contributed by atoms with van der Waals surface area (Å²) in [4.78, 5) is 0.0870. The van der Waals surface area contributed by atoms with Crippen molar-refractivity contribution in [2.75, 3.05) is 23.8 Å². The highest BCUT2D eigenvalue weighted by atomic mass is 79.9. The summed E-state index contributed by atoms with van der Waals surface area (Å²) in [6, 6.07) is 3.03. The molecule has 0 fully saturated rings. The first kappa shape index (κ1) is 17.1. The van der Waals surface area contributed by atoms with Crippen LogP contribution in [0.4, 0.5) is 5.69 Å². The van der Waals surface area contributed by atoms with E-state index in [4.69, 9.17) is 5.73 Å². The first-order valence-electron chi connectivity index (χ1n) is 5.37. The molecule has 108 valence electrons. The molecule has 9 heteroatoms. The lowest BCUT2D eigenvalue weighted by atomic mass is 10.3. The highest BCUT2D eigenvalue weighted by Crippen LogP contribution is 2.32. The van der Waals surface area contributed by atoms with Crippen molar-refractivity contribution >= 4 is 58.4 Å². The molecule has 0 spiro atoms. The Morgan fingerprint density at radius 2 is 1.84 bits per heavy atom. The van der Waals surface area contributed by atoms with E-state index < -0.39 is 20.8 Å². The van der Waals surface area contributed by atoms with Crippen LogP contribution in [0.3, 0.4) is 0 Å². The Hall–Kier alpha value is 0.0400. The van der Waals surface area contributed by atoms with Gasteiger partial charge in [0.05, 0.1) is 0 Å². The molecule has 0 heterocycles. The largest absolute Gasteiger partial charge is 0.399 e. The zero-order chi connectivity index (χ0) is 14.6. The number of hydrogen-bond donors (Lipinski definition) is 2. The number of anilines is 1. The van der Waals surface area contributed by atoms with Crippen LogP contribution in [0.15, 0.2) is 26.0 Å². The molecule has 0 radical (unpaired) electrons. The predicted molar refractivity (Wildman–Crippen MR) is 85.0 cm³/mol. The number of sulfonamides is 1. The summed E-state index contributed by atoms with van der Waals surface area (Å²) >= 11 is 6.36. The van der Waals surface area contributed by atoms with Gasteiger partial charge in [-0.1, -0.05) is 6.92 Å². The first-order chi connectivity index (χ1) is 8.77. The van der Waals surface area contributed by atoms with E-state index >= 15 is 0 Å². The van der Waals surface area contributed by atoms with Crippen molar-refractivity contribution in [1.82, 2.24) is 4.72 Å². The van der Waals surface area contributed by atoms with Gasteiger partial charge in [-0.15, -0.1) is 0 Å². The van der Waals surface area contributed by atoms with Crippen molar-refractivity contribution in [2.45, 2.75) is 11.8 Å². The molecule has 5 nitrogen and oxygen atoms in total. The van der Waals surface area contributed by atoms with E-state index in [0.29, 0.717) is 26.1 Å². The first-order valence-corrected chi connectivity index (χ1v) is 9.92. The SMILES string of the molecule is CCS(=O)CCNS(=O)(=O)c1c(Br)cc(N)cc1Br. The van der Waals surface area contributed by atoms with Gasteiger partial charge < -0.3 is 5.73 Å². The van der Waals surface area contributed by atoms with Gasteiger partial charge in [0.15, 0.2) is 0 Å². The number of benzene rings is 1. The predicted octanol–water partition coefficient (Wildman–Crippen LogP) is 1.84. The van der Waals surface area contributed by atoms with Crippen LogP contribution in [-0.4, -0.2) is 30.7 Å². The molecular formula is C10H14Br2N2O3S2. The van der Waals surface area contributed by atoms with Crippen LogP contribution in [0, 0.1) is 0 Å².